The topological polar surface area (TPSA) is 75.8 Å². The average Bonchev–Trinajstić information content (AvgIpc) is 2.78. The molecule has 0 unspecified atom stereocenters. The molecule has 1 heterocycles. The Hall–Kier alpha value is -2.44. The summed E-state index contributed by atoms with van der Waals surface area (Å²) in [6.07, 6.45) is 1.54. The van der Waals surface area contributed by atoms with Gasteiger partial charge >= 0.3 is 0 Å². The Morgan fingerprint density at radius 2 is 2.00 bits per heavy atom. The summed E-state index contributed by atoms with van der Waals surface area (Å²) >= 11 is 12.1. The van der Waals surface area contributed by atoms with Crippen LogP contribution in [0.5, 0.6) is 0 Å². The molecule has 0 saturated heterocycles. The first-order valence-corrected chi connectivity index (χ1v) is 7.78. The van der Waals surface area contributed by atoms with E-state index in [2.05, 4.69) is 4.99 Å². The third-order valence-electron chi connectivity index (χ3n) is 3.60. The number of nitro groups is 1. The van der Waals surface area contributed by atoms with E-state index < -0.39 is 4.92 Å². The van der Waals surface area contributed by atoms with Crippen LogP contribution in [0.15, 0.2) is 41.4 Å². The fourth-order valence-corrected chi connectivity index (χ4v) is 2.83. The molecule has 2 aromatic rings. The highest BCUT2D eigenvalue weighted by atomic mass is 35.5. The summed E-state index contributed by atoms with van der Waals surface area (Å²) in [5.41, 5.74) is 1.27. The van der Waals surface area contributed by atoms with Gasteiger partial charge in [0.15, 0.2) is 0 Å². The third kappa shape index (κ3) is 3.11. The Morgan fingerprint density at radius 1 is 1.21 bits per heavy atom. The van der Waals surface area contributed by atoms with Gasteiger partial charge in [-0.05, 0) is 24.3 Å². The van der Waals surface area contributed by atoms with Crippen molar-refractivity contribution in [3.8, 4) is 0 Å². The first kappa shape index (κ1) is 16.4. The highest BCUT2D eigenvalue weighted by molar-refractivity contribution is 6.36. The molecule has 122 valence electrons. The van der Waals surface area contributed by atoms with Gasteiger partial charge in [0.05, 0.1) is 27.7 Å². The number of nitro benzene ring substituents is 1. The van der Waals surface area contributed by atoms with Crippen molar-refractivity contribution in [2.75, 3.05) is 18.0 Å². The number of hydrogen-bond donors (Lipinski definition) is 0. The zero-order valence-electron chi connectivity index (χ0n) is 12.3. The second-order valence-corrected chi connectivity index (χ2v) is 5.96. The standard InChI is InChI=1S/C16H11Cl2N3O3/c17-11-1-3-14(18)13(8-11)16(22)20-6-5-19-9-10-7-12(21(23)24)2-4-15(10)20/h1-4,7-9H,5-6H2. The zero-order valence-corrected chi connectivity index (χ0v) is 13.8. The van der Waals surface area contributed by atoms with E-state index in [0.717, 1.165) is 0 Å². The van der Waals surface area contributed by atoms with Crippen LogP contribution in [0.25, 0.3) is 0 Å². The van der Waals surface area contributed by atoms with Crippen molar-refractivity contribution in [3.63, 3.8) is 0 Å². The minimum Gasteiger partial charge on any atom is -0.306 e. The molecule has 0 saturated carbocycles. The normalized spacial score (nSPS) is 13.3. The molecule has 0 aromatic heterocycles. The third-order valence-corrected chi connectivity index (χ3v) is 4.16. The summed E-state index contributed by atoms with van der Waals surface area (Å²) in [5.74, 6) is -0.330. The van der Waals surface area contributed by atoms with Gasteiger partial charge in [-0.15, -0.1) is 0 Å². The number of carbonyl (C=O) groups excluding carboxylic acids is 1. The molecule has 0 spiro atoms. The van der Waals surface area contributed by atoms with Crippen LogP contribution in [0.4, 0.5) is 11.4 Å². The fraction of sp³-hybridized carbons (Fsp3) is 0.125. The van der Waals surface area contributed by atoms with Crippen LogP contribution < -0.4 is 4.90 Å². The Morgan fingerprint density at radius 3 is 2.75 bits per heavy atom. The molecule has 6 nitrogen and oxygen atoms in total. The number of carbonyl (C=O) groups is 1. The first-order valence-electron chi connectivity index (χ1n) is 7.02. The van der Waals surface area contributed by atoms with Crippen molar-refractivity contribution in [1.29, 1.82) is 0 Å². The van der Waals surface area contributed by atoms with Gasteiger partial charge in [-0.3, -0.25) is 19.9 Å². The highest BCUT2D eigenvalue weighted by Gasteiger charge is 2.24. The number of amides is 1. The van der Waals surface area contributed by atoms with Crippen LogP contribution in [0, 0.1) is 10.1 Å². The Kier molecular flexibility index (Phi) is 4.51. The Balaban J connectivity index is 2.06. The summed E-state index contributed by atoms with van der Waals surface area (Å²) in [7, 11) is 0. The number of benzodiazepines with no additional fused rings is 1. The van der Waals surface area contributed by atoms with Gasteiger partial charge < -0.3 is 4.90 Å². The monoisotopic (exact) mass is 363 g/mol. The number of nitrogens with zero attached hydrogens (tertiary/aromatic N) is 3. The summed E-state index contributed by atoms with van der Waals surface area (Å²) < 4.78 is 0. The lowest BCUT2D eigenvalue weighted by Crippen LogP contribution is -2.33. The first-order chi connectivity index (χ1) is 11.5. The van der Waals surface area contributed by atoms with Gasteiger partial charge in [-0.2, -0.15) is 0 Å². The molecule has 3 rings (SSSR count). The highest BCUT2D eigenvalue weighted by Crippen LogP contribution is 2.29. The molecule has 2 aromatic carbocycles. The van der Waals surface area contributed by atoms with Gasteiger partial charge in [0.2, 0.25) is 0 Å². The second kappa shape index (κ2) is 6.59. The van der Waals surface area contributed by atoms with Crippen molar-refractivity contribution < 1.29 is 9.72 Å². The van der Waals surface area contributed by atoms with E-state index in [0.29, 0.717) is 29.4 Å². The van der Waals surface area contributed by atoms with Crippen LogP contribution in [-0.2, 0) is 0 Å². The molecule has 1 aliphatic heterocycles. The van der Waals surface area contributed by atoms with E-state index in [1.54, 1.807) is 18.2 Å². The van der Waals surface area contributed by atoms with Crippen LogP contribution in [0.1, 0.15) is 15.9 Å². The van der Waals surface area contributed by atoms with E-state index in [1.165, 1.54) is 29.3 Å². The lowest BCUT2D eigenvalue weighted by atomic mass is 10.1. The molecule has 0 atom stereocenters. The number of anilines is 1. The number of fused-ring (bicyclic) bond motifs is 1. The molecule has 24 heavy (non-hydrogen) atoms. The van der Waals surface area contributed by atoms with Crippen LogP contribution in [0.2, 0.25) is 10.0 Å². The lowest BCUT2D eigenvalue weighted by Gasteiger charge is -2.23. The quantitative estimate of drug-likeness (QED) is 0.597. The summed E-state index contributed by atoms with van der Waals surface area (Å²) in [4.78, 5) is 29.0. The zero-order chi connectivity index (χ0) is 17.3. The van der Waals surface area contributed by atoms with Gasteiger partial charge in [-0.25, -0.2) is 0 Å². The van der Waals surface area contributed by atoms with Crippen LogP contribution >= 0.6 is 23.2 Å². The van der Waals surface area contributed by atoms with Crippen molar-refractivity contribution in [2.45, 2.75) is 0 Å². The maximum atomic E-state index is 12.9. The lowest BCUT2D eigenvalue weighted by molar-refractivity contribution is -0.384. The summed E-state index contributed by atoms with van der Waals surface area (Å²) in [6.45, 7) is 0.718. The van der Waals surface area contributed by atoms with Gasteiger partial charge in [0.25, 0.3) is 11.6 Å². The summed E-state index contributed by atoms with van der Waals surface area (Å²) in [5, 5.41) is 11.6. The number of aliphatic imine (C=N–C) groups is 1. The molecule has 1 amide bonds. The molecule has 0 bridgehead atoms. The largest absolute Gasteiger partial charge is 0.306 e. The predicted octanol–water partition coefficient (Wildman–Crippen LogP) is 3.98. The number of hydrogen-bond acceptors (Lipinski definition) is 4. The molecule has 0 radical (unpaired) electrons. The number of benzene rings is 2. The summed E-state index contributed by atoms with van der Waals surface area (Å²) in [6, 6.07) is 8.96. The molecule has 1 aliphatic rings. The van der Waals surface area contributed by atoms with E-state index in [9.17, 15) is 14.9 Å². The van der Waals surface area contributed by atoms with E-state index in [1.807, 2.05) is 0 Å². The Labute approximate surface area is 147 Å². The predicted molar refractivity (Wildman–Crippen MR) is 93.7 cm³/mol. The van der Waals surface area contributed by atoms with Crippen molar-refractivity contribution >= 4 is 46.7 Å². The minimum absolute atomic E-state index is 0.0599. The number of rotatable bonds is 2. The molecular weight excluding hydrogens is 353 g/mol. The number of halogens is 2. The van der Waals surface area contributed by atoms with Crippen molar-refractivity contribution in [2.24, 2.45) is 4.99 Å². The fourth-order valence-electron chi connectivity index (χ4n) is 2.46. The maximum absolute atomic E-state index is 12.9. The molecule has 0 aliphatic carbocycles. The van der Waals surface area contributed by atoms with E-state index >= 15 is 0 Å². The average molecular weight is 364 g/mol. The van der Waals surface area contributed by atoms with Crippen LogP contribution in [0.3, 0.4) is 0 Å². The maximum Gasteiger partial charge on any atom is 0.270 e. The molecule has 0 N–H and O–H groups in total. The minimum atomic E-state index is -0.487. The second-order valence-electron chi connectivity index (χ2n) is 5.12. The molecular formula is C16H11Cl2N3O3. The van der Waals surface area contributed by atoms with E-state index in [-0.39, 0.29) is 22.2 Å². The van der Waals surface area contributed by atoms with Crippen molar-refractivity contribution in [3.05, 3.63) is 67.7 Å². The van der Waals surface area contributed by atoms with Gasteiger partial charge in [0.1, 0.15) is 0 Å². The van der Waals surface area contributed by atoms with Crippen molar-refractivity contribution in [1.82, 2.24) is 0 Å². The van der Waals surface area contributed by atoms with Gasteiger partial charge in [-0.1, -0.05) is 23.2 Å². The van der Waals surface area contributed by atoms with E-state index in [4.69, 9.17) is 23.2 Å². The van der Waals surface area contributed by atoms with Gasteiger partial charge in [0, 0.05) is 35.5 Å². The Bertz CT molecular complexity index is 868. The number of non-ortho nitro benzene ring substituents is 1. The van der Waals surface area contributed by atoms with Crippen LogP contribution in [-0.4, -0.2) is 30.1 Å². The SMILES string of the molecule is O=C(c1cc(Cl)ccc1Cl)N1CCN=Cc2cc([N+](=O)[O-])ccc21. The molecule has 0 fully saturated rings. The smallest absolute Gasteiger partial charge is 0.270 e. The molecule has 8 heteroatoms.